The van der Waals surface area contributed by atoms with E-state index in [1.807, 2.05) is 0 Å². The van der Waals surface area contributed by atoms with E-state index < -0.39 is 0 Å². The highest BCUT2D eigenvalue weighted by molar-refractivity contribution is 5.75. The van der Waals surface area contributed by atoms with Crippen LogP contribution >= 0.6 is 0 Å². The summed E-state index contributed by atoms with van der Waals surface area (Å²) >= 11 is 0. The van der Waals surface area contributed by atoms with E-state index >= 15 is 0 Å². The van der Waals surface area contributed by atoms with Crippen LogP contribution in [0, 0.1) is 0 Å². The van der Waals surface area contributed by atoms with Gasteiger partial charge in [0, 0.05) is 13.2 Å². The Hall–Kier alpha value is -1.78. The Morgan fingerprint density at radius 2 is 2.50 bits per heavy atom. The lowest BCUT2D eigenvalue weighted by Gasteiger charge is -2.06. The van der Waals surface area contributed by atoms with Crippen molar-refractivity contribution in [1.82, 2.24) is 10.3 Å². The number of pyridine rings is 1. The molecule has 0 radical (unpaired) electrons. The summed E-state index contributed by atoms with van der Waals surface area (Å²) < 4.78 is 5.26. The highest BCUT2D eigenvalue weighted by Gasteiger charge is 2.01. The second-order valence-corrected chi connectivity index (χ2v) is 2.66. The Labute approximate surface area is 82.3 Å². The average Bonchev–Trinajstić information content (AvgIpc) is 2.20. The van der Waals surface area contributed by atoms with Gasteiger partial charge < -0.3 is 15.8 Å². The van der Waals surface area contributed by atoms with Gasteiger partial charge in [0.05, 0.1) is 13.0 Å². The van der Waals surface area contributed by atoms with Gasteiger partial charge in [0.2, 0.25) is 5.91 Å². The van der Waals surface area contributed by atoms with Crippen LogP contribution in [0.3, 0.4) is 0 Å². The predicted octanol–water partition coefficient (Wildman–Crippen LogP) is 0.179. The summed E-state index contributed by atoms with van der Waals surface area (Å²) in [6, 6.07) is 3.44. The van der Waals surface area contributed by atoms with Crippen LogP contribution in [0.25, 0.3) is 0 Å². The molecule has 0 saturated carbocycles. The maximum Gasteiger partial charge on any atom is 0.223 e. The lowest BCUT2D eigenvalue weighted by Crippen LogP contribution is -2.20. The summed E-state index contributed by atoms with van der Waals surface area (Å²) in [5.41, 5.74) is 5.53. The number of carbonyl (C=O) groups excluding carboxylic acids is 1. The fourth-order valence-electron chi connectivity index (χ4n) is 0.904. The van der Waals surface area contributed by atoms with Crippen molar-refractivity contribution in [2.24, 2.45) is 0 Å². The molecule has 1 rings (SSSR count). The molecule has 1 heterocycles. The molecule has 0 atom stereocenters. The number of ether oxygens (including phenoxy) is 1. The minimum absolute atomic E-state index is 0.0625. The molecule has 0 bridgehead atoms. The van der Waals surface area contributed by atoms with Gasteiger partial charge in [0.25, 0.3) is 0 Å². The number of nitrogens with zero attached hydrogens (tertiary/aromatic N) is 1. The van der Waals surface area contributed by atoms with Crippen LogP contribution in [-0.2, 0) is 4.79 Å². The number of aromatic nitrogens is 1. The van der Waals surface area contributed by atoms with E-state index in [2.05, 4.69) is 10.3 Å². The molecular weight excluding hydrogens is 182 g/mol. The fraction of sp³-hybridized carbons (Fsp3) is 0.333. The normalized spacial score (nSPS) is 9.50. The fourth-order valence-corrected chi connectivity index (χ4v) is 0.904. The molecule has 76 valence electrons. The number of nitrogen functional groups attached to an aromatic ring is 1. The predicted molar refractivity (Wildman–Crippen MR) is 52.8 cm³/mol. The average molecular weight is 195 g/mol. The van der Waals surface area contributed by atoms with E-state index in [0.29, 0.717) is 24.6 Å². The minimum Gasteiger partial charge on any atom is -0.489 e. The van der Waals surface area contributed by atoms with Crippen molar-refractivity contribution in [2.75, 3.05) is 19.4 Å². The van der Waals surface area contributed by atoms with Crippen molar-refractivity contribution in [1.29, 1.82) is 0 Å². The van der Waals surface area contributed by atoms with Gasteiger partial charge in [-0.15, -0.1) is 0 Å². The van der Waals surface area contributed by atoms with Gasteiger partial charge in [-0.1, -0.05) is 0 Å². The van der Waals surface area contributed by atoms with Gasteiger partial charge in [-0.2, -0.15) is 0 Å². The standard InChI is InChI=1S/C9H13N3O2/c1-11-8(13)4-6-14-7-3-2-5-12-9(7)10/h2-3,5H,4,6H2,1H3,(H2,10,12)(H,11,13). The molecule has 1 aromatic rings. The Bertz CT molecular complexity index is 315. The molecule has 1 amide bonds. The van der Waals surface area contributed by atoms with Crippen molar-refractivity contribution in [2.45, 2.75) is 6.42 Å². The van der Waals surface area contributed by atoms with E-state index in [-0.39, 0.29) is 5.91 Å². The van der Waals surface area contributed by atoms with Crippen molar-refractivity contribution < 1.29 is 9.53 Å². The quantitative estimate of drug-likeness (QED) is 0.718. The Balaban J connectivity index is 2.39. The van der Waals surface area contributed by atoms with Crippen molar-refractivity contribution in [3.63, 3.8) is 0 Å². The van der Waals surface area contributed by atoms with Gasteiger partial charge in [0.1, 0.15) is 0 Å². The highest BCUT2D eigenvalue weighted by Crippen LogP contribution is 2.16. The highest BCUT2D eigenvalue weighted by atomic mass is 16.5. The first-order chi connectivity index (χ1) is 6.74. The molecule has 0 aromatic carbocycles. The maximum absolute atomic E-state index is 10.8. The van der Waals surface area contributed by atoms with E-state index in [1.54, 1.807) is 25.4 Å². The minimum atomic E-state index is -0.0625. The van der Waals surface area contributed by atoms with Crippen LogP contribution in [0.1, 0.15) is 6.42 Å². The van der Waals surface area contributed by atoms with Crippen LogP contribution in [0.15, 0.2) is 18.3 Å². The van der Waals surface area contributed by atoms with Gasteiger partial charge >= 0.3 is 0 Å². The number of hydrogen-bond acceptors (Lipinski definition) is 4. The number of carbonyl (C=O) groups is 1. The molecule has 3 N–H and O–H groups in total. The van der Waals surface area contributed by atoms with Gasteiger partial charge in [0.15, 0.2) is 11.6 Å². The van der Waals surface area contributed by atoms with Gasteiger partial charge in [-0.25, -0.2) is 4.98 Å². The third-order valence-electron chi connectivity index (χ3n) is 1.67. The molecule has 1 aromatic heterocycles. The van der Waals surface area contributed by atoms with Crippen LogP contribution in [-0.4, -0.2) is 24.5 Å². The lowest BCUT2D eigenvalue weighted by atomic mass is 10.4. The molecular formula is C9H13N3O2. The number of anilines is 1. The summed E-state index contributed by atoms with van der Waals surface area (Å²) in [7, 11) is 1.58. The Kier molecular flexibility index (Phi) is 3.72. The SMILES string of the molecule is CNC(=O)CCOc1cccnc1N. The summed E-state index contributed by atoms with van der Waals surface area (Å²) in [6.07, 6.45) is 1.89. The number of amides is 1. The van der Waals surface area contributed by atoms with Crippen molar-refractivity contribution in [3.8, 4) is 5.75 Å². The zero-order valence-electron chi connectivity index (χ0n) is 7.99. The molecule has 0 aliphatic rings. The molecule has 14 heavy (non-hydrogen) atoms. The van der Waals surface area contributed by atoms with E-state index in [0.717, 1.165) is 0 Å². The summed E-state index contributed by atoms with van der Waals surface area (Å²) in [5.74, 6) is 0.785. The van der Waals surface area contributed by atoms with Crippen LogP contribution in [0.2, 0.25) is 0 Å². The molecule has 0 aliphatic carbocycles. The van der Waals surface area contributed by atoms with Crippen molar-refractivity contribution in [3.05, 3.63) is 18.3 Å². The largest absolute Gasteiger partial charge is 0.489 e. The van der Waals surface area contributed by atoms with E-state index in [9.17, 15) is 4.79 Å². The molecule has 5 nitrogen and oxygen atoms in total. The molecule has 0 unspecified atom stereocenters. The topological polar surface area (TPSA) is 77.2 Å². The van der Waals surface area contributed by atoms with Crippen LogP contribution in [0.5, 0.6) is 5.75 Å². The molecule has 5 heteroatoms. The second kappa shape index (κ2) is 5.06. The van der Waals surface area contributed by atoms with Crippen LogP contribution in [0.4, 0.5) is 5.82 Å². The lowest BCUT2D eigenvalue weighted by molar-refractivity contribution is -0.121. The zero-order chi connectivity index (χ0) is 10.4. The van der Waals surface area contributed by atoms with Gasteiger partial charge in [-0.05, 0) is 12.1 Å². The summed E-state index contributed by atoms with van der Waals surface area (Å²) in [4.78, 5) is 14.7. The summed E-state index contributed by atoms with van der Waals surface area (Å²) in [6.45, 7) is 0.301. The third-order valence-corrected chi connectivity index (χ3v) is 1.67. The monoisotopic (exact) mass is 195 g/mol. The second-order valence-electron chi connectivity index (χ2n) is 2.66. The zero-order valence-corrected chi connectivity index (χ0v) is 7.99. The first kappa shape index (κ1) is 10.3. The van der Waals surface area contributed by atoms with Crippen LogP contribution < -0.4 is 15.8 Å². The molecule has 0 fully saturated rings. The maximum atomic E-state index is 10.8. The smallest absolute Gasteiger partial charge is 0.223 e. The van der Waals surface area contributed by atoms with E-state index in [4.69, 9.17) is 10.5 Å². The first-order valence-corrected chi connectivity index (χ1v) is 4.28. The Morgan fingerprint density at radius 3 is 3.14 bits per heavy atom. The Morgan fingerprint density at radius 1 is 1.71 bits per heavy atom. The number of rotatable bonds is 4. The van der Waals surface area contributed by atoms with Crippen molar-refractivity contribution >= 4 is 11.7 Å². The molecule has 0 spiro atoms. The molecule has 0 saturated heterocycles. The first-order valence-electron chi connectivity index (χ1n) is 4.28. The number of hydrogen-bond donors (Lipinski definition) is 2. The summed E-state index contributed by atoms with van der Waals surface area (Å²) in [5, 5.41) is 2.50. The van der Waals surface area contributed by atoms with E-state index in [1.165, 1.54) is 0 Å². The third kappa shape index (κ3) is 2.93. The number of nitrogens with one attached hydrogen (secondary N) is 1. The van der Waals surface area contributed by atoms with Gasteiger partial charge in [-0.3, -0.25) is 4.79 Å². The molecule has 0 aliphatic heterocycles. The number of nitrogens with two attached hydrogens (primary N) is 1.